The first kappa shape index (κ1) is 13.9. The van der Waals surface area contributed by atoms with Gasteiger partial charge in [-0.15, -0.1) is 11.3 Å². The Morgan fingerprint density at radius 1 is 1.50 bits per heavy atom. The highest BCUT2D eigenvalue weighted by Crippen LogP contribution is 2.44. The minimum Gasteiger partial charge on any atom is -0.397 e. The Balaban J connectivity index is 1.82. The first-order valence-corrected chi connectivity index (χ1v) is 8.02. The highest BCUT2D eigenvalue weighted by Gasteiger charge is 2.42. The summed E-state index contributed by atoms with van der Waals surface area (Å²) in [4.78, 5) is 12.8. The molecule has 3 rings (SSSR count). The van der Waals surface area contributed by atoms with E-state index in [-0.39, 0.29) is 17.9 Å². The highest BCUT2D eigenvalue weighted by atomic mass is 79.9. The van der Waals surface area contributed by atoms with Crippen LogP contribution in [0, 0.1) is 5.41 Å². The number of nitrogen functional groups attached to an aromatic ring is 1. The maximum atomic E-state index is 12.2. The SMILES string of the molecule is Nc1c(C(=O)NCC2(CO)CC2)sc2cc(Br)ccc12. The molecule has 1 aromatic carbocycles. The van der Waals surface area contributed by atoms with Gasteiger partial charge in [-0.2, -0.15) is 0 Å². The lowest BCUT2D eigenvalue weighted by Gasteiger charge is -2.12. The summed E-state index contributed by atoms with van der Waals surface area (Å²) in [5.74, 6) is -0.153. The molecule has 0 atom stereocenters. The minimum atomic E-state index is -0.153. The first-order chi connectivity index (χ1) is 9.54. The molecule has 0 bridgehead atoms. The number of aliphatic hydroxyl groups excluding tert-OH is 1. The van der Waals surface area contributed by atoms with E-state index in [4.69, 9.17) is 5.73 Å². The number of amides is 1. The van der Waals surface area contributed by atoms with E-state index in [1.807, 2.05) is 18.2 Å². The molecule has 20 heavy (non-hydrogen) atoms. The fourth-order valence-corrected chi connectivity index (χ4v) is 3.77. The molecule has 4 N–H and O–H groups in total. The zero-order valence-electron chi connectivity index (χ0n) is 10.8. The molecule has 0 spiro atoms. The van der Waals surface area contributed by atoms with Crippen LogP contribution in [-0.4, -0.2) is 24.2 Å². The summed E-state index contributed by atoms with van der Waals surface area (Å²) in [6.07, 6.45) is 1.94. The van der Waals surface area contributed by atoms with E-state index in [1.165, 1.54) is 11.3 Å². The average molecular weight is 355 g/mol. The van der Waals surface area contributed by atoms with E-state index < -0.39 is 0 Å². The average Bonchev–Trinajstić information content (AvgIpc) is 3.15. The zero-order chi connectivity index (χ0) is 14.3. The summed E-state index contributed by atoms with van der Waals surface area (Å²) in [5.41, 5.74) is 6.50. The van der Waals surface area contributed by atoms with Crippen molar-refractivity contribution in [3.63, 3.8) is 0 Å². The fourth-order valence-electron chi connectivity index (χ4n) is 2.17. The Labute approximate surface area is 129 Å². The predicted octanol–water partition coefficient (Wildman–Crippen LogP) is 2.75. The summed E-state index contributed by atoms with van der Waals surface area (Å²) < 4.78 is 1.96. The first-order valence-electron chi connectivity index (χ1n) is 6.41. The van der Waals surface area contributed by atoms with E-state index >= 15 is 0 Å². The van der Waals surface area contributed by atoms with Crippen molar-refractivity contribution in [2.24, 2.45) is 5.41 Å². The zero-order valence-corrected chi connectivity index (χ0v) is 13.2. The fraction of sp³-hybridized carbons (Fsp3) is 0.357. The van der Waals surface area contributed by atoms with Crippen LogP contribution in [0.2, 0.25) is 0 Å². The van der Waals surface area contributed by atoms with Crippen molar-refractivity contribution in [2.45, 2.75) is 12.8 Å². The minimum absolute atomic E-state index is 0.0931. The van der Waals surface area contributed by atoms with Crippen molar-refractivity contribution in [1.82, 2.24) is 5.32 Å². The predicted molar refractivity (Wildman–Crippen MR) is 85.0 cm³/mol. The van der Waals surface area contributed by atoms with Crippen LogP contribution in [0.15, 0.2) is 22.7 Å². The van der Waals surface area contributed by atoms with E-state index in [1.54, 1.807) is 0 Å². The van der Waals surface area contributed by atoms with Crippen LogP contribution in [-0.2, 0) is 0 Å². The standard InChI is InChI=1S/C14H15BrN2O2S/c15-8-1-2-9-10(5-8)20-12(11(9)16)13(19)17-6-14(7-18)3-4-14/h1-2,5,18H,3-4,6-7,16H2,(H,17,19). The third-order valence-corrected chi connectivity index (χ3v) is 5.47. The summed E-state index contributed by atoms with van der Waals surface area (Å²) in [6.45, 7) is 0.641. The van der Waals surface area contributed by atoms with Crippen LogP contribution >= 0.6 is 27.3 Å². The number of fused-ring (bicyclic) bond motifs is 1. The topological polar surface area (TPSA) is 75.4 Å². The van der Waals surface area contributed by atoms with E-state index in [9.17, 15) is 9.90 Å². The van der Waals surface area contributed by atoms with Gasteiger partial charge in [0.05, 0.1) is 12.3 Å². The van der Waals surface area contributed by atoms with Gasteiger partial charge in [0, 0.05) is 26.5 Å². The van der Waals surface area contributed by atoms with Gasteiger partial charge in [0.15, 0.2) is 0 Å². The molecule has 1 saturated carbocycles. The quantitative estimate of drug-likeness (QED) is 0.790. The third kappa shape index (κ3) is 2.43. The van der Waals surface area contributed by atoms with Gasteiger partial charge in [0.2, 0.25) is 0 Å². The van der Waals surface area contributed by atoms with Crippen molar-refractivity contribution in [3.8, 4) is 0 Å². The number of halogens is 1. The van der Waals surface area contributed by atoms with Crippen molar-refractivity contribution in [1.29, 1.82) is 0 Å². The normalized spacial score (nSPS) is 16.3. The molecule has 0 saturated heterocycles. The van der Waals surface area contributed by atoms with Gasteiger partial charge in [-0.05, 0) is 25.0 Å². The molecule has 1 heterocycles. The van der Waals surface area contributed by atoms with Gasteiger partial charge in [-0.3, -0.25) is 4.79 Å². The lowest BCUT2D eigenvalue weighted by atomic mass is 10.1. The number of aliphatic hydroxyl groups is 1. The van der Waals surface area contributed by atoms with Gasteiger partial charge in [-0.1, -0.05) is 22.0 Å². The smallest absolute Gasteiger partial charge is 0.263 e. The van der Waals surface area contributed by atoms with Crippen LogP contribution in [0.5, 0.6) is 0 Å². The Hall–Kier alpha value is -1.11. The molecule has 106 valence electrons. The van der Waals surface area contributed by atoms with Crippen LogP contribution in [0.1, 0.15) is 22.5 Å². The molecule has 1 aliphatic carbocycles. The molecule has 1 fully saturated rings. The van der Waals surface area contributed by atoms with Crippen molar-refractivity contribution >= 4 is 48.9 Å². The Bertz CT molecular complexity index is 679. The van der Waals surface area contributed by atoms with Crippen molar-refractivity contribution < 1.29 is 9.90 Å². The van der Waals surface area contributed by atoms with Crippen LogP contribution in [0.25, 0.3) is 10.1 Å². The summed E-state index contributed by atoms with van der Waals surface area (Å²) in [7, 11) is 0. The molecule has 4 nitrogen and oxygen atoms in total. The van der Waals surface area contributed by atoms with Crippen molar-refractivity contribution in [3.05, 3.63) is 27.5 Å². The van der Waals surface area contributed by atoms with Gasteiger partial charge in [0.1, 0.15) is 4.88 Å². The lowest BCUT2D eigenvalue weighted by Crippen LogP contribution is -2.31. The van der Waals surface area contributed by atoms with Crippen LogP contribution < -0.4 is 11.1 Å². The molecule has 6 heteroatoms. The molecule has 0 aliphatic heterocycles. The molecule has 1 aliphatic rings. The maximum absolute atomic E-state index is 12.2. The number of hydrogen-bond acceptors (Lipinski definition) is 4. The summed E-state index contributed by atoms with van der Waals surface area (Å²) in [6, 6.07) is 5.79. The monoisotopic (exact) mass is 354 g/mol. The second-order valence-corrected chi connectivity index (χ2v) is 7.29. The van der Waals surface area contributed by atoms with Crippen molar-refractivity contribution in [2.75, 3.05) is 18.9 Å². The molecule has 0 radical (unpaired) electrons. The van der Waals surface area contributed by atoms with E-state index in [0.717, 1.165) is 27.4 Å². The van der Waals surface area contributed by atoms with E-state index in [2.05, 4.69) is 21.2 Å². The second-order valence-electron chi connectivity index (χ2n) is 5.33. The molecule has 0 unspecified atom stereocenters. The number of nitrogens with one attached hydrogen (secondary N) is 1. The number of hydrogen-bond donors (Lipinski definition) is 3. The second kappa shape index (κ2) is 5.02. The number of thiophene rings is 1. The van der Waals surface area contributed by atoms with Gasteiger partial charge in [-0.25, -0.2) is 0 Å². The van der Waals surface area contributed by atoms with Crippen LogP contribution in [0.3, 0.4) is 0 Å². The molecule has 2 aromatic rings. The molecular formula is C14H15BrN2O2S. The Morgan fingerprint density at radius 3 is 2.90 bits per heavy atom. The third-order valence-electron chi connectivity index (χ3n) is 3.81. The largest absolute Gasteiger partial charge is 0.397 e. The molecule has 1 amide bonds. The number of anilines is 1. The van der Waals surface area contributed by atoms with Gasteiger partial charge >= 0.3 is 0 Å². The van der Waals surface area contributed by atoms with Crippen LogP contribution in [0.4, 0.5) is 5.69 Å². The number of rotatable bonds is 4. The lowest BCUT2D eigenvalue weighted by molar-refractivity contribution is 0.0940. The number of carbonyl (C=O) groups is 1. The molecule has 1 aromatic heterocycles. The van der Waals surface area contributed by atoms with Gasteiger partial charge in [0.25, 0.3) is 5.91 Å². The summed E-state index contributed by atoms with van der Waals surface area (Å²) >= 11 is 4.81. The maximum Gasteiger partial charge on any atom is 0.263 e. The Kier molecular flexibility index (Phi) is 3.48. The molecular weight excluding hydrogens is 340 g/mol. The number of benzene rings is 1. The van der Waals surface area contributed by atoms with Gasteiger partial charge < -0.3 is 16.2 Å². The Morgan fingerprint density at radius 2 is 2.25 bits per heavy atom. The van der Waals surface area contributed by atoms with E-state index in [0.29, 0.717) is 17.1 Å². The summed E-state index contributed by atoms with van der Waals surface area (Å²) in [5, 5.41) is 13.1. The number of nitrogens with two attached hydrogens (primary N) is 1. The highest BCUT2D eigenvalue weighted by molar-refractivity contribution is 9.10. The number of carbonyl (C=O) groups excluding carboxylic acids is 1.